The number of carboxylic acids is 1. The van der Waals surface area contributed by atoms with Crippen molar-refractivity contribution in [3.63, 3.8) is 0 Å². The van der Waals surface area contributed by atoms with Crippen LogP contribution in [-0.2, 0) is 25.5 Å². The van der Waals surface area contributed by atoms with Crippen LogP contribution < -0.4 is 5.73 Å². The number of alkyl halides is 3. The molecule has 0 amide bonds. The van der Waals surface area contributed by atoms with Gasteiger partial charge in [-0.3, -0.25) is 4.79 Å². The van der Waals surface area contributed by atoms with Crippen LogP contribution in [0.1, 0.15) is 5.56 Å². The first kappa shape index (κ1) is 26.5. The van der Waals surface area contributed by atoms with Crippen molar-refractivity contribution in [3.05, 3.63) is 36.0 Å². The van der Waals surface area contributed by atoms with E-state index in [0.717, 1.165) is 16.5 Å². The highest BCUT2D eigenvalue weighted by Gasteiger charge is 2.43. The smallest absolute Gasteiger partial charge is 0.475 e. The molecule has 184 valence electrons. The first-order chi connectivity index (χ1) is 15.3. The first-order valence-electron chi connectivity index (χ1n) is 9.48. The van der Waals surface area contributed by atoms with Gasteiger partial charge in [0.1, 0.15) is 37.1 Å². The monoisotopic (exact) mass is 480 g/mol. The molecule has 11 nitrogen and oxygen atoms in total. The molecule has 2 heterocycles. The number of aliphatic hydroxyl groups excluding tert-OH is 4. The van der Waals surface area contributed by atoms with E-state index < -0.39 is 61.5 Å². The second kappa shape index (κ2) is 10.9. The Balaban J connectivity index is 0.000000479. The van der Waals surface area contributed by atoms with Gasteiger partial charge in [0.25, 0.3) is 0 Å². The number of halogens is 3. The van der Waals surface area contributed by atoms with Gasteiger partial charge in [-0.25, -0.2) is 4.79 Å². The Hall–Kier alpha value is -2.75. The van der Waals surface area contributed by atoms with Gasteiger partial charge >= 0.3 is 18.1 Å². The lowest BCUT2D eigenvalue weighted by Crippen LogP contribution is -2.58. The Morgan fingerprint density at radius 3 is 2.33 bits per heavy atom. The van der Waals surface area contributed by atoms with Gasteiger partial charge < -0.3 is 45.7 Å². The number of fused-ring (bicyclic) bond motifs is 1. The van der Waals surface area contributed by atoms with Gasteiger partial charge in [-0.1, -0.05) is 18.2 Å². The summed E-state index contributed by atoms with van der Waals surface area (Å²) in [6.07, 6.45) is -10.7. The zero-order valence-corrected chi connectivity index (χ0v) is 16.8. The number of benzene rings is 1. The molecule has 1 aromatic carbocycles. The normalized spacial score (nSPS) is 26.2. The van der Waals surface area contributed by atoms with Crippen molar-refractivity contribution < 1.29 is 57.8 Å². The number of hydrogen-bond donors (Lipinski definition) is 7. The average molecular weight is 480 g/mol. The van der Waals surface area contributed by atoms with Crippen molar-refractivity contribution in [2.75, 3.05) is 6.61 Å². The molecule has 14 heteroatoms. The number of rotatable bonds is 5. The predicted octanol–water partition coefficient (Wildman–Crippen LogP) is -0.986. The minimum absolute atomic E-state index is 0.251. The summed E-state index contributed by atoms with van der Waals surface area (Å²) in [5, 5.41) is 46.4. The minimum Gasteiger partial charge on any atom is -0.475 e. The Bertz CT molecular complexity index is 952. The molecular formula is C19H23F3N2O9. The highest BCUT2D eigenvalue weighted by molar-refractivity contribution is 5.84. The number of para-hydroxylation sites is 1. The largest absolute Gasteiger partial charge is 0.490 e. The van der Waals surface area contributed by atoms with Crippen LogP contribution in [0.3, 0.4) is 0 Å². The number of carbonyl (C=O) groups is 2. The molecule has 2 aromatic rings. The van der Waals surface area contributed by atoms with Crippen molar-refractivity contribution in [2.45, 2.75) is 49.3 Å². The molecule has 33 heavy (non-hydrogen) atoms. The summed E-state index contributed by atoms with van der Waals surface area (Å²) in [5.41, 5.74) is 7.70. The number of aliphatic carboxylic acids is 1. The maximum absolute atomic E-state index is 12.1. The van der Waals surface area contributed by atoms with Crippen LogP contribution in [0.5, 0.6) is 0 Å². The molecule has 1 unspecified atom stereocenters. The molecule has 1 fully saturated rings. The number of ether oxygens (including phenoxy) is 2. The fourth-order valence-electron chi connectivity index (χ4n) is 2.96. The molecule has 0 aliphatic carbocycles. The molecule has 1 aliphatic rings. The number of nitrogens with one attached hydrogen (secondary N) is 1. The Labute approximate surface area is 184 Å². The number of aromatic nitrogens is 1. The molecular weight excluding hydrogens is 457 g/mol. The third-order valence-corrected chi connectivity index (χ3v) is 4.74. The highest BCUT2D eigenvalue weighted by atomic mass is 19.4. The van der Waals surface area contributed by atoms with E-state index in [1.165, 1.54) is 0 Å². The first-order valence-corrected chi connectivity index (χ1v) is 9.48. The van der Waals surface area contributed by atoms with E-state index in [-0.39, 0.29) is 6.42 Å². The van der Waals surface area contributed by atoms with Crippen molar-refractivity contribution in [2.24, 2.45) is 5.73 Å². The molecule has 0 bridgehead atoms. The van der Waals surface area contributed by atoms with Crippen molar-refractivity contribution in [3.8, 4) is 0 Å². The lowest BCUT2D eigenvalue weighted by molar-refractivity contribution is -0.287. The molecule has 6 atom stereocenters. The second-order valence-corrected chi connectivity index (χ2v) is 7.14. The number of aliphatic hydroxyl groups is 4. The third kappa shape index (κ3) is 6.86. The SMILES string of the molecule is N[C@@H](Cc1c[nH]c2ccccc12)C(=O)OC[C@@H]1OC(O)[C@H](O)[C@H](O)[C@H]1O.O=C(O)C(F)(F)F. The van der Waals surface area contributed by atoms with E-state index in [9.17, 15) is 38.4 Å². The molecule has 0 saturated carbocycles. The van der Waals surface area contributed by atoms with Crippen LogP contribution in [-0.4, -0.2) is 92.0 Å². The van der Waals surface area contributed by atoms with Crippen LogP contribution in [0.25, 0.3) is 10.9 Å². The molecule has 0 radical (unpaired) electrons. The van der Waals surface area contributed by atoms with Crippen molar-refractivity contribution in [1.29, 1.82) is 0 Å². The number of aromatic amines is 1. The summed E-state index contributed by atoms with van der Waals surface area (Å²) in [6, 6.07) is 6.67. The van der Waals surface area contributed by atoms with Crippen molar-refractivity contribution in [1.82, 2.24) is 4.98 Å². The van der Waals surface area contributed by atoms with E-state index in [1.807, 2.05) is 24.3 Å². The van der Waals surface area contributed by atoms with E-state index >= 15 is 0 Å². The van der Waals surface area contributed by atoms with Gasteiger partial charge in [0.2, 0.25) is 0 Å². The molecule has 0 spiro atoms. The van der Waals surface area contributed by atoms with Crippen LogP contribution in [0.15, 0.2) is 30.5 Å². The zero-order chi connectivity index (χ0) is 24.9. The lowest BCUT2D eigenvalue weighted by atomic mass is 9.99. The van der Waals surface area contributed by atoms with E-state index in [2.05, 4.69) is 4.98 Å². The summed E-state index contributed by atoms with van der Waals surface area (Å²) in [7, 11) is 0. The van der Waals surface area contributed by atoms with E-state index in [4.69, 9.17) is 25.1 Å². The highest BCUT2D eigenvalue weighted by Crippen LogP contribution is 2.21. The molecule has 1 aliphatic heterocycles. The number of H-pyrrole nitrogens is 1. The number of nitrogens with two attached hydrogens (primary N) is 1. The zero-order valence-electron chi connectivity index (χ0n) is 16.8. The van der Waals surface area contributed by atoms with Crippen molar-refractivity contribution >= 4 is 22.8 Å². The predicted molar refractivity (Wildman–Crippen MR) is 104 cm³/mol. The number of carboxylic acid groups (broad SMARTS) is 1. The number of hydrogen-bond acceptors (Lipinski definition) is 9. The van der Waals surface area contributed by atoms with Gasteiger partial charge in [-0.05, 0) is 11.6 Å². The molecule has 1 saturated heterocycles. The Morgan fingerprint density at radius 2 is 1.73 bits per heavy atom. The van der Waals surface area contributed by atoms with Gasteiger partial charge in [-0.2, -0.15) is 13.2 Å². The number of esters is 1. The summed E-state index contributed by atoms with van der Waals surface area (Å²) < 4.78 is 41.7. The van der Waals surface area contributed by atoms with Crippen LogP contribution in [0.4, 0.5) is 13.2 Å². The fourth-order valence-corrected chi connectivity index (χ4v) is 2.96. The molecule has 1 aromatic heterocycles. The van der Waals surface area contributed by atoms with E-state index in [0.29, 0.717) is 0 Å². The summed E-state index contributed by atoms with van der Waals surface area (Å²) >= 11 is 0. The topological polar surface area (TPSA) is 196 Å². The fraction of sp³-hybridized carbons (Fsp3) is 0.474. The van der Waals surface area contributed by atoms with Gasteiger partial charge in [0, 0.05) is 23.5 Å². The standard InChI is InChI=1S/C17H22N2O7.C2HF3O2/c18-10(5-8-6-19-11-4-2-1-3-9(8)11)16(23)25-7-12-13(20)14(21)15(22)17(24)26-12;3-2(4,5)1(6)7/h1-4,6,10,12-15,17,19-22,24H,5,7,18H2;(H,6,7)/t10-,12-,13-,14+,15+,17?;/m0./s1. The lowest BCUT2D eigenvalue weighted by Gasteiger charge is -2.37. The van der Waals surface area contributed by atoms with E-state index in [1.54, 1.807) is 6.20 Å². The maximum atomic E-state index is 12.1. The van der Waals surface area contributed by atoms with Gasteiger partial charge in [0.05, 0.1) is 0 Å². The summed E-state index contributed by atoms with van der Waals surface area (Å²) in [4.78, 5) is 24.1. The van der Waals surface area contributed by atoms with Gasteiger partial charge in [0.15, 0.2) is 6.29 Å². The second-order valence-electron chi connectivity index (χ2n) is 7.14. The maximum Gasteiger partial charge on any atom is 0.490 e. The van der Waals surface area contributed by atoms with Crippen LogP contribution >= 0.6 is 0 Å². The molecule has 8 N–H and O–H groups in total. The molecule has 3 rings (SSSR count). The Morgan fingerprint density at radius 1 is 1.12 bits per heavy atom. The average Bonchev–Trinajstić information content (AvgIpc) is 3.16. The van der Waals surface area contributed by atoms with Crippen LogP contribution in [0, 0.1) is 0 Å². The minimum atomic E-state index is -5.08. The van der Waals surface area contributed by atoms with Gasteiger partial charge in [-0.15, -0.1) is 0 Å². The quantitative estimate of drug-likeness (QED) is 0.261. The summed E-state index contributed by atoms with van der Waals surface area (Å²) in [5.74, 6) is -3.46. The third-order valence-electron chi connectivity index (χ3n) is 4.74. The Kier molecular flexibility index (Phi) is 8.76. The van der Waals surface area contributed by atoms with Crippen LogP contribution in [0.2, 0.25) is 0 Å². The summed E-state index contributed by atoms with van der Waals surface area (Å²) in [6.45, 7) is -0.414. The number of carbonyl (C=O) groups excluding carboxylic acids is 1.